The molecule has 0 fully saturated rings. The Morgan fingerprint density at radius 3 is 2.86 bits per heavy atom. The molecule has 0 saturated carbocycles. The molecule has 0 heterocycles. The highest BCUT2D eigenvalue weighted by atomic mass is 16.5. The van der Waals surface area contributed by atoms with Crippen molar-refractivity contribution >= 4 is 12.4 Å². The van der Waals surface area contributed by atoms with Gasteiger partial charge in [-0.15, -0.1) is 0 Å². The molecule has 4 nitrogen and oxygen atoms in total. The Hall–Kier alpha value is -1.06. The summed E-state index contributed by atoms with van der Waals surface area (Å²) in [6, 6.07) is 0. The first kappa shape index (κ1) is 12.9. The average Bonchev–Trinajstić information content (AvgIpc) is 2.16. The summed E-state index contributed by atoms with van der Waals surface area (Å²) in [5.41, 5.74) is 0. The maximum Gasteiger partial charge on any atom is 0.407 e. The minimum Gasteiger partial charge on any atom is -0.450 e. The fourth-order valence-corrected chi connectivity index (χ4v) is 0.832. The molecule has 14 heavy (non-hydrogen) atoms. The number of nitrogens with one attached hydrogen (secondary N) is 1. The predicted octanol–water partition coefficient (Wildman–Crippen LogP) is 1.65. The highest BCUT2D eigenvalue weighted by molar-refractivity contribution is 5.67. The second-order valence-electron chi connectivity index (χ2n) is 3.32. The van der Waals surface area contributed by atoms with E-state index in [1.807, 2.05) is 13.8 Å². The standard InChI is InChI=1S/C10H18NO3/c1-3-4-7-14-10(13)11-8-9(2)5-6-12/h9H,3-5,7-8H2,1-2H3,(H,11,13). The Labute approximate surface area is 85.0 Å². The van der Waals surface area contributed by atoms with Gasteiger partial charge in [0.15, 0.2) is 6.29 Å². The Balaban J connectivity index is 3.38. The number of rotatable bonds is 7. The summed E-state index contributed by atoms with van der Waals surface area (Å²) in [5, 5.41) is 2.59. The van der Waals surface area contributed by atoms with Crippen LogP contribution in [0.2, 0.25) is 0 Å². The molecule has 1 unspecified atom stereocenters. The van der Waals surface area contributed by atoms with E-state index in [0.717, 1.165) is 12.8 Å². The van der Waals surface area contributed by atoms with E-state index < -0.39 is 6.09 Å². The van der Waals surface area contributed by atoms with E-state index in [9.17, 15) is 9.59 Å². The largest absolute Gasteiger partial charge is 0.450 e. The molecule has 1 atom stereocenters. The van der Waals surface area contributed by atoms with Crippen molar-refractivity contribution in [3.05, 3.63) is 0 Å². The molecule has 1 amide bonds. The highest BCUT2D eigenvalue weighted by Crippen LogP contribution is 1.96. The number of ether oxygens (including phenoxy) is 1. The molecule has 1 N–H and O–H groups in total. The second kappa shape index (κ2) is 8.53. The van der Waals surface area contributed by atoms with Crippen LogP contribution in [0.25, 0.3) is 0 Å². The van der Waals surface area contributed by atoms with Crippen molar-refractivity contribution in [1.82, 2.24) is 5.32 Å². The van der Waals surface area contributed by atoms with Crippen molar-refractivity contribution in [3.8, 4) is 0 Å². The lowest BCUT2D eigenvalue weighted by atomic mass is 10.1. The monoisotopic (exact) mass is 200 g/mol. The molecule has 4 heteroatoms. The van der Waals surface area contributed by atoms with Gasteiger partial charge < -0.3 is 10.1 Å². The van der Waals surface area contributed by atoms with Crippen LogP contribution < -0.4 is 5.32 Å². The summed E-state index contributed by atoms with van der Waals surface area (Å²) in [5.74, 6) is 0.117. The number of amides is 1. The smallest absolute Gasteiger partial charge is 0.407 e. The van der Waals surface area contributed by atoms with Crippen LogP contribution in [0.4, 0.5) is 4.79 Å². The number of unbranched alkanes of at least 4 members (excludes halogenated alkanes) is 1. The molecule has 0 spiro atoms. The van der Waals surface area contributed by atoms with Crippen molar-refractivity contribution in [1.29, 1.82) is 0 Å². The summed E-state index contributed by atoms with van der Waals surface area (Å²) in [6.45, 7) is 4.82. The maximum atomic E-state index is 11.0. The van der Waals surface area contributed by atoms with Gasteiger partial charge in [-0.25, -0.2) is 4.79 Å². The van der Waals surface area contributed by atoms with Gasteiger partial charge in [0, 0.05) is 13.0 Å². The SMILES string of the molecule is CCCCOC(=O)NCC(C)C[C]=O. The molecule has 0 aliphatic carbocycles. The molecule has 1 radical (unpaired) electrons. The van der Waals surface area contributed by atoms with E-state index in [0.29, 0.717) is 19.6 Å². The molecule has 0 aromatic carbocycles. The number of hydrogen-bond donors (Lipinski definition) is 1. The van der Waals surface area contributed by atoms with Crippen LogP contribution in [0, 0.1) is 5.92 Å². The summed E-state index contributed by atoms with van der Waals surface area (Å²) in [4.78, 5) is 21.0. The zero-order chi connectivity index (χ0) is 10.8. The minimum absolute atomic E-state index is 0.117. The lowest BCUT2D eigenvalue weighted by molar-refractivity contribution is 0.143. The van der Waals surface area contributed by atoms with E-state index in [-0.39, 0.29) is 5.92 Å². The molecule has 0 saturated heterocycles. The second-order valence-corrected chi connectivity index (χ2v) is 3.32. The van der Waals surface area contributed by atoms with Gasteiger partial charge in [0.25, 0.3) is 0 Å². The number of hydrogen-bond acceptors (Lipinski definition) is 3. The van der Waals surface area contributed by atoms with Crippen molar-refractivity contribution < 1.29 is 14.3 Å². The normalized spacial score (nSPS) is 11.9. The zero-order valence-electron chi connectivity index (χ0n) is 8.84. The van der Waals surface area contributed by atoms with Crippen LogP contribution >= 0.6 is 0 Å². The molecule has 0 aliphatic heterocycles. The van der Waals surface area contributed by atoms with Gasteiger partial charge in [-0.2, -0.15) is 0 Å². The fourth-order valence-electron chi connectivity index (χ4n) is 0.832. The van der Waals surface area contributed by atoms with Crippen molar-refractivity contribution in [2.45, 2.75) is 33.1 Å². The van der Waals surface area contributed by atoms with Gasteiger partial charge in [0.1, 0.15) is 0 Å². The predicted molar refractivity (Wildman–Crippen MR) is 53.7 cm³/mol. The van der Waals surface area contributed by atoms with Gasteiger partial charge in [-0.3, -0.25) is 4.79 Å². The summed E-state index contributed by atoms with van der Waals surface area (Å²) < 4.78 is 4.86. The fraction of sp³-hybridized carbons (Fsp3) is 0.800. The number of carbonyl (C=O) groups excluding carboxylic acids is 2. The van der Waals surface area contributed by atoms with Crippen LogP contribution in [-0.4, -0.2) is 25.5 Å². The minimum atomic E-state index is -0.406. The van der Waals surface area contributed by atoms with Crippen LogP contribution in [0.3, 0.4) is 0 Å². The first-order valence-corrected chi connectivity index (χ1v) is 4.96. The van der Waals surface area contributed by atoms with Crippen LogP contribution in [0.5, 0.6) is 0 Å². The number of carbonyl (C=O) groups is 1. The molecule has 81 valence electrons. The third kappa shape index (κ3) is 7.58. The van der Waals surface area contributed by atoms with Gasteiger partial charge in [0.2, 0.25) is 0 Å². The van der Waals surface area contributed by atoms with Gasteiger partial charge >= 0.3 is 6.09 Å². The summed E-state index contributed by atoms with van der Waals surface area (Å²) in [7, 11) is 0. The molecule has 0 bridgehead atoms. The highest BCUT2D eigenvalue weighted by Gasteiger charge is 2.05. The van der Waals surface area contributed by atoms with E-state index >= 15 is 0 Å². The van der Waals surface area contributed by atoms with Gasteiger partial charge in [-0.05, 0) is 12.3 Å². The first-order chi connectivity index (χ1) is 6.70. The zero-order valence-corrected chi connectivity index (χ0v) is 8.84. The van der Waals surface area contributed by atoms with Crippen molar-refractivity contribution in [2.75, 3.05) is 13.2 Å². The lowest BCUT2D eigenvalue weighted by Gasteiger charge is -2.09. The topological polar surface area (TPSA) is 55.4 Å². The van der Waals surface area contributed by atoms with E-state index in [4.69, 9.17) is 4.74 Å². The summed E-state index contributed by atoms with van der Waals surface area (Å²) >= 11 is 0. The Kier molecular flexibility index (Phi) is 7.89. The Morgan fingerprint density at radius 2 is 2.29 bits per heavy atom. The van der Waals surface area contributed by atoms with E-state index in [2.05, 4.69) is 5.32 Å². The molecule has 0 aromatic heterocycles. The maximum absolute atomic E-state index is 11.0. The average molecular weight is 200 g/mol. The Bertz CT molecular complexity index is 171. The Morgan fingerprint density at radius 1 is 1.57 bits per heavy atom. The van der Waals surface area contributed by atoms with Gasteiger partial charge in [-0.1, -0.05) is 20.3 Å². The van der Waals surface area contributed by atoms with E-state index in [1.165, 1.54) is 0 Å². The molecule has 0 aromatic rings. The van der Waals surface area contributed by atoms with Crippen LogP contribution in [0.1, 0.15) is 33.1 Å². The third-order valence-corrected chi connectivity index (χ3v) is 1.76. The number of alkyl carbamates (subject to hydrolysis) is 1. The first-order valence-electron chi connectivity index (χ1n) is 4.96. The molecule has 0 rings (SSSR count). The van der Waals surface area contributed by atoms with Crippen molar-refractivity contribution in [3.63, 3.8) is 0 Å². The quantitative estimate of drug-likeness (QED) is 0.636. The molecule has 0 aliphatic rings. The van der Waals surface area contributed by atoms with E-state index in [1.54, 1.807) is 6.29 Å². The molecular formula is C10H18NO3. The summed E-state index contributed by atoms with van der Waals surface area (Å²) in [6.07, 6.45) is 3.62. The third-order valence-electron chi connectivity index (χ3n) is 1.76. The van der Waals surface area contributed by atoms with Gasteiger partial charge in [0.05, 0.1) is 6.61 Å². The molecular weight excluding hydrogens is 182 g/mol. The van der Waals surface area contributed by atoms with Crippen LogP contribution in [0.15, 0.2) is 0 Å². The van der Waals surface area contributed by atoms with Crippen molar-refractivity contribution in [2.24, 2.45) is 5.92 Å². The van der Waals surface area contributed by atoms with Crippen LogP contribution in [-0.2, 0) is 9.53 Å². The lowest BCUT2D eigenvalue weighted by Crippen LogP contribution is -2.29.